The molecule has 1 saturated heterocycles. The van der Waals surface area contributed by atoms with Crippen molar-refractivity contribution in [2.24, 2.45) is 0 Å². The Morgan fingerprint density at radius 2 is 2.13 bits per heavy atom. The molecule has 0 bridgehead atoms. The summed E-state index contributed by atoms with van der Waals surface area (Å²) in [5, 5.41) is 10.5. The molecule has 1 aromatic carbocycles. The van der Waals surface area contributed by atoms with Crippen LogP contribution in [0.15, 0.2) is 34.0 Å². The van der Waals surface area contributed by atoms with Crippen LogP contribution in [0.5, 0.6) is 0 Å². The van der Waals surface area contributed by atoms with E-state index in [-0.39, 0.29) is 17.6 Å². The van der Waals surface area contributed by atoms with Gasteiger partial charge in [0, 0.05) is 29.3 Å². The van der Waals surface area contributed by atoms with Crippen LogP contribution >= 0.6 is 23.1 Å². The molecule has 0 radical (unpaired) electrons. The topological polar surface area (TPSA) is 70.5 Å². The maximum absolute atomic E-state index is 14.4. The summed E-state index contributed by atoms with van der Waals surface area (Å²) >= 11 is 2.84. The van der Waals surface area contributed by atoms with Gasteiger partial charge in [-0.05, 0) is 37.0 Å². The molecule has 1 unspecified atom stereocenters. The van der Waals surface area contributed by atoms with Crippen LogP contribution in [0.1, 0.15) is 74.1 Å². The Kier molecular flexibility index (Phi) is 8.27. The fourth-order valence-corrected chi connectivity index (χ4v) is 5.57. The SMILES string of the molecule is CCCCC[C@@H](F)c1ccc(N2C(=O)CCC2CCSc2nc(C(=O)O)cs2)cc1. The Morgan fingerprint density at radius 1 is 1.37 bits per heavy atom. The molecule has 0 saturated carbocycles. The van der Waals surface area contributed by atoms with E-state index in [0.29, 0.717) is 18.4 Å². The number of unbranched alkanes of at least 4 members (excludes halogenated alkanes) is 2. The van der Waals surface area contributed by atoms with Crippen molar-refractivity contribution in [2.45, 2.75) is 68.4 Å². The van der Waals surface area contributed by atoms with Gasteiger partial charge in [0.1, 0.15) is 6.17 Å². The van der Waals surface area contributed by atoms with E-state index in [0.717, 1.165) is 47.9 Å². The van der Waals surface area contributed by atoms with Crippen molar-refractivity contribution in [3.63, 3.8) is 0 Å². The highest BCUT2D eigenvalue weighted by Gasteiger charge is 2.32. The minimum atomic E-state index is -1.02. The summed E-state index contributed by atoms with van der Waals surface area (Å²) in [5.74, 6) is -0.168. The predicted molar refractivity (Wildman–Crippen MR) is 119 cm³/mol. The first-order valence-corrected chi connectivity index (χ1v) is 12.2. The Balaban J connectivity index is 1.56. The lowest BCUT2D eigenvalue weighted by Crippen LogP contribution is -2.33. The largest absolute Gasteiger partial charge is 0.476 e. The first-order valence-electron chi connectivity index (χ1n) is 10.4. The number of benzene rings is 1. The maximum atomic E-state index is 14.4. The molecule has 0 spiro atoms. The van der Waals surface area contributed by atoms with Crippen LogP contribution in [0.4, 0.5) is 10.1 Å². The van der Waals surface area contributed by atoms with Gasteiger partial charge in [-0.15, -0.1) is 11.3 Å². The minimum Gasteiger partial charge on any atom is -0.476 e. The monoisotopic (exact) mass is 450 g/mol. The molecule has 2 aromatic rings. The molecule has 162 valence electrons. The molecule has 1 N–H and O–H groups in total. The van der Waals surface area contributed by atoms with E-state index in [1.165, 1.54) is 28.5 Å². The van der Waals surface area contributed by atoms with Crippen LogP contribution in [0, 0.1) is 0 Å². The van der Waals surface area contributed by atoms with Gasteiger partial charge in [-0.3, -0.25) is 4.79 Å². The zero-order chi connectivity index (χ0) is 21.5. The van der Waals surface area contributed by atoms with E-state index in [9.17, 15) is 14.0 Å². The fraction of sp³-hybridized carbons (Fsp3) is 0.500. The molecule has 1 aliphatic rings. The molecule has 2 atom stereocenters. The summed E-state index contributed by atoms with van der Waals surface area (Å²) in [7, 11) is 0. The number of rotatable bonds is 11. The number of thiazole rings is 1. The molecule has 8 heteroatoms. The Morgan fingerprint density at radius 3 is 2.80 bits per heavy atom. The van der Waals surface area contributed by atoms with E-state index in [1.54, 1.807) is 12.1 Å². The summed E-state index contributed by atoms with van der Waals surface area (Å²) in [6.45, 7) is 2.11. The molecule has 1 fully saturated rings. The van der Waals surface area contributed by atoms with E-state index >= 15 is 0 Å². The normalized spacial score (nSPS) is 17.5. The lowest BCUT2D eigenvalue weighted by Gasteiger charge is -2.25. The second-order valence-corrected chi connectivity index (χ2v) is 9.65. The van der Waals surface area contributed by atoms with Crippen LogP contribution in [0.3, 0.4) is 0 Å². The van der Waals surface area contributed by atoms with Gasteiger partial charge >= 0.3 is 5.97 Å². The number of hydrogen-bond donors (Lipinski definition) is 1. The number of hydrogen-bond acceptors (Lipinski definition) is 5. The van der Waals surface area contributed by atoms with Gasteiger partial charge in [-0.1, -0.05) is 50.1 Å². The average Bonchev–Trinajstić information content (AvgIpc) is 3.35. The van der Waals surface area contributed by atoms with Crippen molar-refractivity contribution < 1.29 is 19.1 Å². The number of carbonyl (C=O) groups excluding carboxylic acids is 1. The Bertz CT molecular complexity index is 856. The van der Waals surface area contributed by atoms with Gasteiger partial charge in [0.15, 0.2) is 10.0 Å². The number of carboxylic acid groups (broad SMARTS) is 1. The summed E-state index contributed by atoms with van der Waals surface area (Å²) < 4.78 is 15.1. The molecular weight excluding hydrogens is 423 g/mol. The van der Waals surface area contributed by atoms with Gasteiger partial charge in [-0.25, -0.2) is 14.2 Å². The predicted octanol–water partition coefficient (Wildman–Crippen LogP) is 6.11. The van der Waals surface area contributed by atoms with Gasteiger partial charge in [-0.2, -0.15) is 0 Å². The third-order valence-electron chi connectivity index (χ3n) is 5.30. The molecule has 2 heterocycles. The first-order chi connectivity index (χ1) is 14.5. The standard InChI is InChI=1S/C22H27FN2O3S2/c1-2-3-4-5-18(23)15-6-8-16(9-7-15)25-17(10-11-20(25)26)12-13-29-22-24-19(14-30-22)21(27)28/h6-9,14,17-18H,2-5,10-13H2,1H3,(H,27,28)/t17?,18-/m1/s1. The number of thioether (sulfide) groups is 1. The van der Waals surface area contributed by atoms with Crippen molar-refractivity contribution in [3.05, 3.63) is 40.9 Å². The van der Waals surface area contributed by atoms with Gasteiger partial charge < -0.3 is 10.0 Å². The number of carbonyl (C=O) groups is 2. The van der Waals surface area contributed by atoms with Gasteiger partial charge in [0.25, 0.3) is 0 Å². The summed E-state index contributed by atoms with van der Waals surface area (Å²) in [6, 6.07) is 7.40. The molecule has 5 nitrogen and oxygen atoms in total. The van der Waals surface area contributed by atoms with Crippen LogP contribution in [0.2, 0.25) is 0 Å². The zero-order valence-electron chi connectivity index (χ0n) is 17.1. The molecule has 1 aromatic heterocycles. The lowest BCUT2D eigenvalue weighted by molar-refractivity contribution is -0.117. The average molecular weight is 451 g/mol. The number of nitrogens with zero attached hydrogens (tertiary/aromatic N) is 2. The van der Waals surface area contributed by atoms with Crippen LogP contribution in [-0.4, -0.2) is 33.8 Å². The first kappa shape index (κ1) is 22.7. The van der Waals surface area contributed by atoms with Crippen molar-refractivity contribution in [2.75, 3.05) is 10.7 Å². The van der Waals surface area contributed by atoms with E-state index in [1.807, 2.05) is 17.0 Å². The van der Waals surface area contributed by atoms with E-state index in [4.69, 9.17) is 5.11 Å². The zero-order valence-corrected chi connectivity index (χ0v) is 18.7. The van der Waals surface area contributed by atoms with Crippen molar-refractivity contribution in [1.82, 2.24) is 4.98 Å². The van der Waals surface area contributed by atoms with E-state index < -0.39 is 12.1 Å². The maximum Gasteiger partial charge on any atom is 0.355 e. The van der Waals surface area contributed by atoms with Gasteiger partial charge in [0.2, 0.25) is 5.91 Å². The third kappa shape index (κ3) is 5.82. The fourth-order valence-electron chi connectivity index (χ4n) is 3.66. The summed E-state index contributed by atoms with van der Waals surface area (Å²) in [6.07, 6.45) is 4.68. The van der Waals surface area contributed by atoms with Crippen LogP contribution < -0.4 is 4.90 Å². The quantitative estimate of drug-likeness (QED) is 0.330. The van der Waals surface area contributed by atoms with Crippen LogP contribution in [0.25, 0.3) is 0 Å². The van der Waals surface area contributed by atoms with Crippen molar-refractivity contribution in [1.29, 1.82) is 0 Å². The summed E-state index contributed by atoms with van der Waals surface area (Å²) in [4.78, 5) is 29.3. The molecule has 1 amide bonds. The second kappa shape index (κ2) is 10.9. The number of alkyl halides is 1. The molecule has 0 aliphatic carbocycles. The van der Waals surface area contributed by atoms with Gasteiger partial charge in [0.05, 0.1) is 0 Å². The van der Waals surface area contributed by atoms with Crippen molar-refractivity contribution >= 4 is 40.7 Å². The molecule has 1 aliphatic heterocycles. The Labute approximate surface area is 184 Å². The number of aromatic carboxylic acids is 1. The lowest BCUT2D eigenvalue weighted by atomic mass is 10.0. The van der Waals surface area contributed by atoms with Crippen molar-refractivity contribution in [3.8, 4) is 0 Å². The number of aromatic nitrogens is 1. The van der Waals surface area contributed by atoms with E-state index in [2.05, 4.69) is 11.9 Å². The number of carboxylic acids is 1. The number of anilines is 1. The highest BCUT2D eigenvalue weighted by molar-refractivity contribution is 8.01. The van der Waals surface area contributed by atoms with Crippen LogP contribution in [-0.2, 0) is 4.79 Å². The second-order valence-electron chi connectivity index (χ2n) is 7.45. The number of amides is 1. The minimum absolute atomic E-state index is 0.0705. The molecule has 30 heavy (non-hydrogen) atoms. The highest BCUT2D eigenvalue weighted by Crippen LogP contribution is 2.33. The number of halogens is 1. The smallest absolute Gasteiger partial charge is 0.355 e. The molecule has 3 rings (SSSR count). The third-order valence-corrected chi connectivity index (χ3v) is 7.35. The summed E-state index contributed by atoms with van der Waals surface area (Å²) in [5.41, 5.74) is 1.56. The molecular formula is C22H27FN2O3S2. The highest BCUT2D eigenvalue weighted by atomic mass is 32.2. The Hall–Kier alpha value is -1.93.